The maximum atomic E-state index is 9.94. The van der Waals surface area contributed by atoms with E-state index in [1.807, 2.05) is 13.8 Å². The van der Waals surface area contributed by atoms with Crippen LogP contribution in [0.3, 0.4) is 0 Å². The highest BCUT2D eigenvalue weighted by atomic mass is 16.3. The average Bonchev–Trinajstić information content (AvgIpc) is 2.34. The van der Waals surface area contributed by atoms with Gasteiger partial charge in [0.25, 0.3) is 0 Å². The molecule has 0 aromatic carbocycles. The second-order valence-corrected chi connectivity index (χ2v) is 2.36. The average molecular weight is 139 g/mol. The monoisotopic (exact) mass is 139 g/mol. The van der Waals surface area contributed by atoms with Gasteiger partial charge in [-0.3, -0.25) is 4.68 Å². The minimum atomic E-state index is 0.287. The molecule has 54 valence electrons. The van der Waals surface area contributed by atoms with Crippen molar-refractivity contribution in [3.63, 3.8) is 0 Å². The summed E-state index contributed by atoms with van der Waals surface area (Å²) >= 11 is 0. The molecular weight excluding hydrogens is 130 g/mol. The van der Waals surface area contributed by atoms with E-state index in [9.17, 15) is 4.91 Å². The van der Waals surface area contributed by atoms with Crippen LogP contribution in [-0.2, 0) is 0 Å². The molecule has 0 N–H and O–H groups in total. The van der Waals surface area contributed by atoms with E-state index in [1.54, 1.807) is 10.9 Å². The van der Waals surface area contributed by atoms with Gasteiger partial charge in [-0.2, -0.15) is 5.10 Å². The fourth-order valence-electron chi connectivity index (χ4n) is 0.658. The third-order valence-corrected chi connectivity index (χ3v) is 1.22. The molecule has 0 aliphatic carbocycles. The molecule has 1 rings (SSSR count). The predicted molar refractivity (Wildman–Crippen MR) is 38.1 cm³/mol. The van der Waals surface area contributed by atoms with Crippen molar-refractivity contribution in [2.45, 2.75) is 19.9 Å². The number of nitrogens with zero attached hydrogens (tertiary/aromatic N) is 3. The van der Waals surface area contributed by atoms with E-state index >= 15 is 0 Å². The first-order valence-electron chi connectivity index (χ1n) is 3.11. The Labute approximate surface area is 58.8 Å². The molecule has 4 heteroatoms. The summed E-state index contributed by atoms with van der Waals surface area (Å²) in [6.07, 6.45) is 3.07. The number of hydrogen-bond donors (Lipinski definition) is 0. The Bertz CT molecular complexity index is 229. The van der Waals surface area contributed by atoms with E-state index in [1.165, 1.54) is 6.20 Å². The summed E-state index contributed by atoms with van der Waals surface area (Å²) in [7, 11) is 0. The maximum absolute atomic E-state index is 9.94. The lowest BCUT2D eigenvalue weighted by atomic mass is 10.4. The van der Waals surface area contributed by atoms with Gasteiger partial charge in [0.1, 0.15) is 5.69 Å². The molecule has 1 aromatic rings. The summed E-state index contributed by atoms with van der Waals surface area (Å²) in [5, 5.41) is 6.65. The molecule has 0 aliphatic rings. The summed E-state index contributed by atoms with van der Waals surface area (Å²) in [5.41, 5.74) is 0.383. The zero-order valence-electron chi connectivity index (χ0n) is 5.98. The zero-order chi connectivity index (χ0) is 7.56. The van der Waals surface area contributed by atoms with Gasteiger partial charge in [0.15, 0.2) is 0 Å². The SMILES string of the molecule is CC(C)n1cc(N=O)cn1. The fraction of sp³-hybridized carbons (Fsp3) is 0.500. The summed E-state index contributed by atoms with van der Waals surface area (Å²) < 4.78 is 1.69. The van der Waals surface area contributed by atoms with E-state index in [0.29, 0.717) is 5.69 Å². The molecular formula is C6H9N3O. The highest BCUT2D eigenvalue weighted by molar-refractivity contribution is 5.29. The Balaban J connectivity index is 2.88. The normalized spacial score (nSPS) is 10.3. The van der Waals surface area contributed by atoms with Crippen LogP contribution in [-0.4, -0.2) is 9.78 Å². The molecule has 0 fully saturated rings. The van der Waals surface area contributed by atoms with Crippen LogP contribution in [0, 0.1) is 4.91 Å². The Morgan fingerprint density at radius 2 is 2.40 bits per heavy atom. The van der Waals surface area contributed by atoms with Gasteiger partial charge in [0, 0.05) is 6.04 Å². The Morgan fingerprint density at radius 3 is 2.70 bits per heavy atom. The van der Waals surface area contributed by atoms with Crippen molar-refractivity contribution in [3.05, 3.63) is 17.3 Å². The van der Waals surface area contributed by atoms with Crippen molar-refractivity contribution in [1.29, 1.82) is 0 Å². The first-order chi connectivity index (χ1) is 4.74. The van der Waals surface area contributed by atoms with Crippen molar-refractivity contribution < 1.29 is 0 Å². The molecule has 0 spiro atoms. The standard InChI is InChI=1S/C6H9N3O/c1-5(2)9-4-6(8-10)3-7-9/h3-5H,1-2H3. The zero-order valence-corrected chi connectivity index (χ0v) is 5.98. The third kappa shape index (κ3) is 1.21. The van der Waals surface area contributed by atoms with Crippen molar-refractivity contribution in [1.82, 2.24) is 9.78 Å². The van der Waals surface area contributed by atoms with Crippen molar-refractivity contribution in [3.8, 4) is 0 Å². The molecule has 0 aliphatic heterocycles. The molecule has 0 saturated carbocycles. The Kier molecular flexibility index (Phi) is 1.80. The van der Waals surface area contributed by atoms with Gasteiger partial charge in [-0.1, -0.05) is 0 Å². The van der Waals surface area contributed by atoms with Gasteiger partial charge >= 0.3 is 0 Å². The highest BCUT2D eigenvalue weighted by Gasteiger charge is 1.99. The number of hydrogen-bond acceptors (Lipinski definition) is 3. The summed E-state index contributed by atoms with van der Waals surface area (Å²) in [4.78, 5) is 9.94. The van der Waals surface area contributed by atoms with Crippen molar-refractivity contribution in [2.24, 2.45) is 5.18 Å². The van der Waals surface area contributed by atoms with Crippen LogP contribution in [0.2, 0.25) is 0 Å². The van der Waals surface area contributed by atoms with Gasteiger partial charge in [-0.25, -0.2) is 0 Å². The van der Waals surface area contributed by atoms with Crippen LogP contribution in [0.15, 0.2) is 17.6 Å². The number of nitroso groups, excluding NO2 is 1. The molecule has 0 amide bonds. The van der Waals surface area contributed by atoms with Crippen LogP contribution >= 0.6 is 0 Å². The molecule has 0 bridgehead atoms. The summed E-state index contributed by atoms with van der Waals surface area (Å²) in [5.74, 6) is 0. The van der Waals surface area contributed by atoms with Crippen LogP contribution in [0.5, 0.6) is 0 Å². The molecule has 0 radical (unpaired) electrons. The highest BCUT2D eigenvalue weighted by Crippen LogP contribution is 2.11. The van der Waals surface area contributed by atoms with Gasteiger partial charge in [0.05, 0.1) is 12.4 Å². The predicted octanol–water partition coefficient (Wildman–Crippen LogP) is 1.86. The minimum absolute atomic E-state index is 0.287. The third-order valence-electron chi connectivity index (χ3n) is 1.22. The minimum Gasteiger partial charge on any atom is -0.268 e. The molecule has 1 aromatic heterocycles. The maximum Gasteiger partial charge on any atom is 0.145 e. The van der Waals surface area contributed by atoms with E-state index in [2.05, 4.69) is 10.3 Å². The van der Waals surface area contributed by atoms with E-state index < -0.39 is 0 Å². The van der Waals surface area contributed by atoms with E-state index in [4.69, 9.17) is 0 Å². The molecule has 0 atom stereocenters. The quantitative estimate of drug-likeness (QED) is 0.587. The smallest absolute Gasteiger partial charge is 0.145 e. The lowest BCUT2D eigenvalue weighted by Crippen LogP contribution is -1.99. The molecule has 4 nitrogen and oxygen atoms in total. The topological polar surface area (TPSA) is 47.2 Å². The van der Waals surface area contributed by atoms with Gasteiger partial charge in [-0.15, -0.1) is 4.91 Å². The molecule has 0 unspecified atom stereocenters. The fourth-order valence-corrected chi connectivity index (χ4v) is 0.658. The summed E-state index contributed by atoms with van der Waals surface area (Å²) in [6, 6.07) is 0.287. The lowest BCUT2D eigenvalue weighted by Gasteiger charge is -2.01. The second kappa shape index (κ2) is 2.60. The Morgan fingerprint density at radius 1 is 1.70 bits per heavy atom. The van der Waals surface area contributed by atoms with Crippen molar-refractivity contribution >= 4 is 5.69 Å². The molecule has 1 heterocycles. The van der Waals surface area contributed by atoms with Gasteiger partial charge in [-0.05, 0) is 19.0 Å². The van der Waals surface area contributed by atoms with E-state index in [0.717, 1.165) is 0 Å². The first kappa shape index (κ1) is 6.92. The van der Waals surface area contributed by atoms with E-state index in [-0.39, 0.29) is 6.04 Å². The Hall–Kier alpha value is -1.19. The van der Waals surface area contributed by atoms with Crippen LogP contribution in [0.25, 0.3) is 0 Å². The van der Waals surface area contributed by atoms with Gasteiger partial charge < -0.3 is 0 Å². The van der Waals surface area contributed by atoms with Crippen LogP contribution in [0.4, 0.5) is 5.69 Å². The first-order valence-corrected chi connectivity index (χ1v) is 3.11. The van der Waals surface area contributed by atoms with Gasteiger partial charge in [0.2, 0.25) is 0 Å². The largest absolute Gasteiger partial charge is 0.268 e. The molecule has 10 heavy (non-hydrogen) atoms. The van der Waals surface area contributed by atoms with Crippen LogP contribution in [0.1, 0.15) is 19.9 Å². The molecule has 0 saturated heterocycles. The number of rotatable bonds is 2. The van der Waals surface area contributed by atoms with Crippen molar-refractivity contribution in [2.75, 3.05) is 0 Å². The van der Waals surface area contributed by atoms with Crippen LogP contribution < -0.4 is 0 Å². The lowest BCUT2D eigenvalue weighted by molar-refractivity contribution is 0.532. The number of aromatic nitrogens is 2. The summed E-state index contributed by atoms with van der Waals surface area (Å²) in [6.45, 7) is 3.98. The second-order valence-electron chi connectivity index (χ2n) is 2.36.